The van der Waals surface area contributed by atoms with E-state index in [4.69, 9.17) is 0 Å². The van der Waals surface area contributed by atoms with Crippen molar-refractivity contribution < 1.29 is 4.79 Å². The third-order valence-corrected chi connectivity index (χ3v) is 5.39. The molecule has 25 heavy (non-hydrogen) atoms. The molecule has 1 saturated carbocycles. The van der Waals surface area contributed by atoms with Gasteiger partial charge in [0.1, 0.15) is 0 Å². The van der Waals surface area contributed by atoms with Crippen LogP contribution in [0.2, 0.25) is 0 Å². The van der Waals surface area contributed by atoms with Crippen LogP contribution in [0.4, 0.5) is 0 Å². The van der Waals surface area contributed by atoms with Crippen molar-refractivity contribution in [3.63, 3.8) is 0 Å². The number of aromatic nitrogens is 4. The topological polar surface area (TPSA) is 67.2 Å². The molecule has 0 bridgehead atoms. The van der Waals surface area contributed by atoms with Crippen molar-refractivity contribution in [3.05, 3.63) is 35.7 Å². The number of hydrogen-bond acceptors (Lipinski definition) is 5. The van der Waals surface area contributed by atoms with Crippen LogP contribution in [0.15, 0.2) is 24.3 Å². The zero-order valence-corrected chi connectivity index (χ0v) is 14.6. The van der Waals surface area contributed by atoms with Crippen LogP contribution in [0.5, 0.6) is 0 Å². The van der Waals surface area contributed by atoms with Gasteiger partial charge in [0.15, 0.2) is 5.82 Å². The highest BCUT2D eigenvalue weighted by Crippen LogP contribution is 2.25. The number of benzene rings is 1. The third-order valence-electron chi connectivity index (χ3n) is 5.39. The second-order valence-electron chi connectivity index (χ2n) is 6.95. The molecule has 2 fully saturated rings. The Morgan fingerprint density at radius 3 is 2.48 bits per heavy atom. The summed E-state index contributed by atoms with van der Waals surface area (Å²) >= 11 is 0. The van der Waals surface area contributed by atoms with Crippen molar-refractivity contribution in [1.29, 1.82) is 0 Å². The first-order chi connectivity index (χ1) is 12.2. The van der Waals surface area contributed by atoms with E-state index in [9.17, 15) is 4.79 Å². The fourth-order valence-electron chi connectivity index (χ4n) is 3.66. The molecule has 4 rings (SSSR count). The Bertz CT molecular complexity index is 736. The van der Waals surface area contributed by atoms with E-state index in [0.717, 1.165) is 55.7 Å². The molecule has 0 radical (unpaired) electrons. The van der Waals surface area contributed by atoms with E-state index in [-0.39, 0.29) is 5.91 Å². The summed E-state index contributed by atoms with van der Waals surface area (Å²) in [6, 6.07) is 8.29. The molecular formula is C18H24N6O. The van der Waals surface area contributed by atoms with E-state index < -0.39 is 0 Å². The monoisotopic (exact) mass is 340 g/mol. The molecule has 2 aromatic rings. The molecule has 7 nitrogen and oxygen atoms in total. The van der Waals surface area contributed by atoms with Gasteiger partial charge < -0.3 is 4.90 Å². The Kier molecular flexibility index (Phi) is 4.48. The van der Waals surface area contributed by atoms with E-state index in [0.29, 0.717) is 0 Å². The van der Waals surface area contributed by atoms with E-state index in [2.05, 4.69) is 20.4 Å². The number of carbonyl (C=O) groups excluding carboxylic acids is 1. The zero-order valence-electron chi connectivity index (χ0n) is 14.6. The molecule has 0 unspecified atom stereocenters. The molecule has 0 atom stereocenters. The van der Waals surface area contributed by atoms with Crippen LogP contribution in [0.25, 0.3) is 5.69 Å². The molecule has 1 aromatic heterocycles. The van der Waals surface area contributed by atoms with Gasteiger partial charge in [-0.05, 0) is 60.9 Å². The summed E-state index contributed by atoms with van der Waals surface area (Å²) < 4.78 is 1.66. The Labute approximate surface area is 147 Å². The van der Waals surface area contributed by atoms with E-state index in [1.165, 1.54) is 19.3 Å². The van der Waals surface area contributed by atoms with Crippen LogP contribution in [0.1, 0.15) is 41.9 Å². The van der Waals surface area contributed by atoms with Gasteiger partial charge in [-0.25, -0.2) is 0 Å². The fourth-order valence-corrected chi connectivity index (χ4v) is 3.66. The average molecular weight is 340 g/mol. The van der Waals surface area contributed by atoms with Crippen molar-refractivity contribution in [3.8, 4) is 5.69 Å². The smallest absolute Gasteiger partial charge is 0.253 e. The maximum atomic E-state index is 12.8. The quantitative estimate of drug-likeness (QED) is 0.850. The van der Waals surface area contributed by atoms with Gasteiger partial charge >= 0.3 is 0 Å². The number of hydrogen-bond donors (Lipinski definition) is 0. The molecule has 132 valence electrons. The number of aryl methyl sites for hydroxylation is 1. The summed E-state index contributed by atoms with van der Waals surface area (Å²) in [5.41, 5.74) is 1.60. The van der Waals surface area contributed by atoms with Crippen LogP contribution in [-0.4, -0.2) is 68.1 Å². The molecule has 0 spiro atoms. The molecule has 1 aromatic carbocycles. The largest absolute Gasteiger partial charge is 0.337 e. The number of carbonyl (C=O) groups is 1. The van der Waals surface area contributed by atoms with Gasteiger partial charge in [0.25, 0.3) is 5.91 Å². The minimum absolute atomic E-state index is 0.121. The van der Waals surface area contributed by atoms with Gasteiger partial charge in [0.2, 0.25) is 0 Å². The Morgan fingerprint density at radius 1 is 1.04 bits per heavy atom. The minimum atomic E-state index is 0.121. The van der Waals surface area contributed by atoms with Gasteiger partial charge in [0, 0.05) is 37.8 Å². The molecule has 2 aliphatic rings. The Hall–Kier alpha value is -2.28. The van der Waals surface area contributed by atoms with Crippen molar-refractivity contribution in [1.82, 2.24) is 30.0 Å². The predicted octanol–water partition coefficient (Wildman–Crippen LogP) is 1.67. The summed E-state index contributed by atoms with van der Waals surface area (Å²) in [4.78, 5) is 17.4. The second kappa shape index (κ2) is 6.92. The van der Waals surface area contributed by atoms with E-state index in [1.807, 2.05) is 36.1 Å². The van der Waals surface area contributed by atoms with Crippen LogP contribution in [0.3, 0.4) is 0 Å². The molecule has 1 saturated heterocycles. The number of amides is 1. The standard InChI is InChI=1S/C18H24N6O/c1-14-19-20-21-24(14)17-8-6-15(7-9-17)18(25)23-11-3-10-22(12-13-23)16-4-2-5-16/h6-9,16H,2-5,10-13H2,1H3. The maximum absolute atomic E-state index is 12.8. The summed E-state index contributed by atoms with van der Waals surface area (Å²) in [7, 11) is 0. The van der Waals surface area contributed by atoms with Gasteiger partial charge in [-0.15, -0.1) is 5.10 Å². The Balaban J connectivity index is 1.42. The number of nitrogens with zero attached hydrogens (tertiary/aromatic N) is 6. The lowest BCUT2D eigenvalue weighted by Crippen LogP contribution is -2.42. The summed E-state index contributed by atoms with van der Waals surface area (Å²) in [5, 5.41) is 11.5. The molecular weight excluding hydrogens is 316 g/mol. The molecule has 7 heteroatoms. The molecule has 1 amide bonds. The molecule has 2 heterocycles. The lowest BCUT2D eigenvalue weighted by Gasteiger charge is -2.36. The highest BCUT2D eigenvalue weighted by Gasteiger charge is 2.28. The van der Waals surface area contributed by atoms with Crippen molar-refractivity contribution in [2.24, 2.45) is 0 Å². The van der Waals surface area contributed by atoms with Crippen LogP contribution >= 0.6 is 0 Å². The van der Waals surface area contributed by atoms with E-state index in [1.54, 1.807) is 4.68 Å². The third kappa shape index (κ3) is 3.28. The SMILES string of the molecule is Cc1nnnn1-c1ccc(C(=O)N2CCCN(C3CCC3)CC2)cc1. The van der Waals surface area contributed by atoms with Crippen molar-refractivity contribution >= 4 is 5.91 Å². The molecule has 1 aliphatic heterocycles. The molecule has 0 N–H and O–H groups in total. The fraction of sp³-hybridized carbons (Fsp3) is 0.556. The van der Waals surface area contributed by atoms with E-state index >= 15 is 0 Å². The van der Waals surface area contributed by atoms with Crippen LogP contribution < -0.4 is 0 Å². The highest BCUT2D eigenvalue weighted by molar-refractivity contribution is 5.94. The summed E-state index contributed by atoms with van der Waals surface area (Å²) in [6.07, 6.45) is 5.07. The van der Waals surface area contributed by atoms with Crippen LogP contribution in [-0.2, 0) is 0 Å². The zero-order chi connectivity index (χ0) is 17.2. The second-order valence-corrected chi connectivity index (χ2v) is 6.95. The average Bonchev–Trinajstić information content (AvgIpc) is 2.87. The normalized spacial score (nSPS) is 19.5. The predicted molar refractivity (Wildman–Crippen MR) is 93.6 cm³/mol. The summed E-state index contributed by atoms with van der Waals surface area (Å²) in [5.74, 6) is 0.845. The number of rotatable bonds is 3. The van der Waals surface area contributed by atoms with Gasteiger partial charge in [-0.3, -0.25) is 9.69 Å². The number of tetrazole rings is 1. The first kappa shape index (κ1) is 16.2. The Morgan fingerprint density at radius 2 is 1.84 bits per heavy atom. The maximum Gasteiger partial charge on any atom is 0.253 e. The first-order valence-corrected chi connectivity index (χ1v) is 9.11. The van der Waals surface area contributed by atoms with Gasteiger partial charge in [0.05, 0.1) is 5.69 Å². The van der Waals surface area contributed by atoms with Gasteiger partial charge in [-0.1, -0.05) is 6.42 Å². The molecule has 1 aliphatic carbocycles. The minimum Gasteiger partial charge on any atom is -0.337 e. The lowest BCUT2D eigenvalue weighted by atomic mass is 9.91. The first-order valence-electron chi connectivity index (χ1n) is 9.11. The summed E-state index contributed by atoms with van der Waals surface area (Å²) in [6.45, 7) is 5.63. The van der Waals surface area contributed by atoms with Gasteiger partial charge in [-0.2, -0.15) is 4.68 Å². The lowest BCUT2D eigenvalue weighted by molar-refractivity contribution is 0.0749. The highest BCUT2D eigenvalue weighted by atomic mass is 16.2. The van der Waals surface area contributed by atoms with Crippen molar-refractivity contribution in [2.75, 3.05) is 26.2 Å². The van der Waals surface area contributed by atoms with Crippen LogP contribution in [0, 0.1) is 6.92 Å². The van der Waals surface area contributed by atoms with Crippen molar-refractivity contribution in [2.45, 2.75) is 38.6 Å².